The average Bonchev–Trinajstić information content (AvgIpc) is 2.66. The van der Waals surface area contributed by atoms with Crippen molar-refractivity contribution in [3.05, 3.63) is 50.7 Å². The van der Waals surface area contributed by atoms with Crippen LogP contribution >= 0.6 is 27.5 Å². The van der Waals surface area contributed by atoms with E-state index in [2.05, 4.69) is 21.0 Å². The second-order valence-corrected chi connectivity index (χ2v) is 5.75. The topological polar surface area (TPSA) is 43.8 Å². The molecular weight excluding hydrogens is 326 g/mol. The van der Waals surface area contributed by atoms with Gasteiger partial charge in [-0.1, -0.05) is 52.7 Å². The van der Waals surface area contributed by atoms with Gasteiger partial charge in [0.25, 0.3) is 0 Å². The lowest BCUT2D eigenvalue weighted by atomic mass is 10.0. The van der Waals surface area contributed by atoms with Crippen LogP contribution in [0.4, 0.5) is 0 Å². The lowest BCUT2D eigenvalue weighted by Crippen LogP contribution is -2.16. The number of benzene rings is 1. The fourth-order valence-corrected chi connectivity index (χ4v) is 3.09. The SMILES string of the molecule is CCc1nn(C)c(CC(N)c2ccccc2Br)c1Cl. The number of hydrogen-bond acceptors (Lipinski definition) is 2. The molecule has 2 aromatic rings. The van der Waals surface area contributed by atoms with Gasteiger partial charge in [-0.05, 0) is 18.1 Å². The highest BCUT2D eigenvalue weighted by Gasteiger charge is 2.17. The van der Waals surface area contributed by atoms with Gasteiger partial charge in [-0.3, -0.25) is 4.68 Å². The summed E-state index contributed by atoms with van der Waals surface area (Å²) >= 11 is 9.88. The Morgan fingerprint density at radius 1 is 1.42 bits per heavy atom. The van der Waals surface area contributed by atoms with Gasteiger partial charge in [-0.2, -0.15) is 5.10 Å². The molecule has 3 nitrogen and oxygen atoms in total. The molecule has 0 spiro atoms. The normalized spacial score (nSPS) is 12.7. The molecule has 0 aliphatic carbocycles. The maximum absolute atomic E-state index is 6.35. The quantitative estimate of drug-likeness (QED) is 0.922. The predicted molar refractivity (Wildman–Crippen MR) is 82.4 cm³/mol. The van der Waals surface area contributed by atoms with E-state index in [1.54, 1.807) is 0 Å². The maximum atomic E-state index is 6.35. The van der Waals surface area contributed by atoms with Crippen molar-refractivity contribution in [3.8, 4) is 0 Å². The Hall–Kier alpha value is -0.840. The molecule has 0 bridgehead atoms. The Balaban J connectivity index is 2.27. The maximum Gasteiger partial charge on any atom is 0.0850 e. The second-order valence-electron chi connectivity index (χ2n) is 4.52. The molecule has 0 fully saturated rings. The zero-order valence-electron chi connectivity index (χ0n) is 11.0. The summed E-state index contributed by atoms with van der Waals surface area (Å²) in [6.45, 7) is 2.05. The van der Waals surface area contributed by atoms with E-state index < -0.39 is 0 Å². The lowest BCUT2D eigenvalue weighted by molar-refractivity contribution is 0.637. The summed E-state index contributed by atoms with van der Waals surface area (Å²) in [4.78, 5) is 0. The Morgan fingerprint density at radius 2 is 2.11 bits per heavy atom. The lowest BCUT2D eigenvalue weighted by Gasteiger charge is -2.14. The molecule has 0 aliphatic heterocycles. The molecule has 2 N–H and O–H groups in total. The molecule has 102 valence electrons. The molecule has 0 amide bonds. The molecule has 1 unspecified atom stereocenters. The molecule has 2 rings (SSSR count). The minimum Gasteiger partial charge on any atom is -0.324 e. The van der Waals surface area contributed by atoms with Crippen LogP contribution in [-0.4, -0.2) is 9.78 Å². The largest absolute Gasteiger partial charge is 0.324 e. The molecule has 19 heavy (non-hydrogen) atoms. The van der Waals surface area contributed by atoms with Crippen molar-refractivity contribution < 1.29 is 0 Å². The molecular formula is C14H17BrClN3. The van der Waals surface area contributed by atoms with E-state index in [1.165, 1.54) is 0 Å². The van der Waals surface area contributed by atoms with Crippen LogP contribution in [0.2, 0.25) is 5.02 Å². The molecule has 0 saturated heterocycles. The van der Waals surface area contributed by atoms with E-state index >= 15 is 0 Å². The monoisotopic (exact) mass is 341 g/mol. The van der Waals surface area contributed by atoms with Crippen molar-refractivity contribution in [2.75, 3.05) is 0 Å². The minimum absolute atomic E-state index is 0.104. The second kappa shape index (κ2) is 6.07. The van der Waals surface area contributed by atoms with Crippen molar-refractivity contribution in [2.24, 2.45) is 12.8 Å². The highest BCUT2D eigenvalue weighted by atomic mass is 79.9. The van der Waals surface area contributed by atoms with Gasteiger partial charge in [0.15, 0.2) is 0 Å². The van der Waals surface area contributed by atoms with Crippen LogP contribution in [0.25, 0.3) is 0 Å². The molecule has 5 heteroatoms. The van der Waals surface area contributed by atoms with Crippen molar-refractivity contribution in [3.63, 3.8) is 0 Å². The smallest absolute Gasteiger partial charge is 0.0850 e. The predicted octanol–water partition coefficient (Wildman–Crippen LogP) is 3.64. The molecule has 0 saturated carbocycles. The van der Waals surface area contributed by atoms with Gasteiger partial charge in [-0.25, -0.2) is 0 Å². The third-order valence-corrected chi connectivity index (χ3v) is 4.38. The van der Waals surface area contributed by atoms with Gasteiger partial charge in [0.2, 0.25) is 0 Å². The van der Waals surface area contributed by atoms with Crippen LogP contribution in [0.15, 0.2) is 28.7 Å². The number of hydrogen-bond donors (Lipinski definition) is 1. The van der Waals surface area contributed by atoms with E-state index in [1.807, 2.05) is 42.9 Å². The fraction of sp³-hybridized carbons (Fsp3) is 0.357. The zero-order valence-corrected chi connectivity index (χ0v) is 13.4. The van der Waals surface area contributed by atoms with Gasteiger partial charge < -0.3 is 5.73 Å². The first kappa shape index (κ1) is 14.6. The Labute approximate surface area is 126 Å². The number of nitrogens with two attached hydrogens (primary N) is 1. The summed E-state index contributed by atoms with van der Waals surface area (Å²) in [6, 6.07) is 7.89. The highest BCUT2D eigenvalue weighted by Crippen LogP contribution is 2.28. The summed E-state index contributed by atoms with van der Waals surface area (Å²) < 4.78 is 2.86. The number of aromatic nitrogens is 2. The summed E-state index contributed by atoms with van der Waals surface area (Å²) in [7, 11) is 1.91. The van der Waals surface area contributed by atoms with Crippen LogP contribution in [0.5, 0.6) is 0 Å². The molecule has 1 aromatic carbocycles. The summed E-state index contributed by atoms with van der Waals surface area (Å²) in [6.07, 6.45) is 1.50. The third-order valence-electron chi connectivity index (χ3n) is 3.22. The average molecular weight is 343 g/mol. The van der Waals surface area contributed by atoms with Gasteiger partial charge in [-0.15, -0.1) is 0 Å². The molecule has 1 heterocycles. The molecule has 1 aromatic heterocycles. The van der Waals surface area contributed by atoms with E-state index in [0.717, 1.165) is 32.9 Å². The van der Waals surface area contributed by atoms with Crippen LogP contribution in [0.3, 0.4) is 0 Å². The van der Waals surface area contributed by atoms with Gasteiger partial charge in [0, 0.05) is 24.0 Å². The van der Waals surface area contributed by atoms with E-state index in [-0.39, 0.29) is 6.04 Å². The third kappa shape index (κ3) is 3.02. The molecule has 1 atom stereocenters. The fourth-order valence-electron chi connectivity index (χ4n) is 2.14. The summed E-state index contributed by atoms with van der Waals surface area (Å²) in [5, 5.41) is 5.16. The first-order valence-corrected chi connectivity index (χ1v) is 7.42. The Bertz CT molecular complexity index is 580. The number of nitrogens with zero attached hydrogens (tertiary/aromatic N) is 2. The van der Waals surface area contributed by atoms with Crippen molar-refractivity contribution >= 4 is 27.5 Å². The Morgan fingerprint density at radius 3 is 2.68 bits per heavy atom. The van der Waals surface area contributed by atoms with E-state index in [0.29, 0.717) is 6.42 Å². The van der Waals surface area contributed by atoms with E-state index in [4.69, 9.17) is 17.3 Å². The zero-order chi connectivity index (χ0) is 14.0. The van der Waals surface area contributed by atoms with Crippen molar-refractivity contribution in [1.82, 2.24) is 9.78 Å². The van der Waals surface area contributed by atoms with Crippen LogP contribution in [0.1, 0.15) is 29.9 Å². The number of rotatable bonds is 4. The standard InChI is InChI=1S/C14H17BrClN3/c1-3-12-14(16)13(19(2)18-12)8-11(17)9-6-4-5-7-10(9)15/h4-7,11H,3,8,17H2,1-2H3. The highest BCUT2D eigenvalue weighted by molar-refractivity contribution is 9.10. The van der Waals surface area contributed by atoms with Crippen molar-refractivity contribution in [2.45, 2.75) is 25.8 Å². The first-order chi connectivity index (χ1) is 9.04. The summed E-state index contributed by atoms with van der Waals surface area (Å²) in [5.41, 5.74) is 9.28. The van der Waals surface area contributed by atoms with Gasteiger partial charge in [0.05, 0.1) is 16.4 Å². The Kier molecular flexibility index (Phi) is 4.66. The van der Waals surface area contributed by atoms with E-state index in [9.17, 15) is 0 Å². The van der Waals surface area contributed by atoms with Crippen molar-refractivity contribution in [1.29, 1.82) is 0 Å². The van der Waals surface area contributed by atoms with Gasteiger partial charge in [0.1, 0.15) is 0 Å². The number of aryl methyl sites for hydroxylation is 2. The molecule has 0 aliphatic rings. The van der Waals surface area contributed by atoms with Crippen LogP contribution in [0, 0.1) is 0 Å². The minimum atomic E-state index is -0.104. The number of halogens is 2. The van der Waals surface area contributed by atoms with Gasteiger partial charge >= 0.3 is 0 Å². The summed E-state index contributed by atoms with van der Waals surface area (Å²) in [5.74, 6) is 0. The molecule has 0 radical (unpaired) electrons. The van der Waals surface area contributed by atoms with Crippen LogP contribution < -0.4 is 5.73 Å². The first-order valence-electron chi connectivity index (χ1n) is 6.24. The van der Waals surface area contributed by atoms with Crippen LogP contribution in [-0.2, 0) is 19.9 Å².